The standard InChI is InChI=1S/C21H18ClFN6O2/c1-11-6-7-15(23)9-16(11)25-20(30)18-19(24)29(28-27-18)10-17-12(2)31-21(26-17)13-4-3-5-14(22)8-13/h3-9H,10,24H2,1-2H3,(H,25,30). The summed E-state index contributed by atoms with van der Waals surface area (Å²) in [5.41, 5.74) is 8.37. The van der Waals surface area contributed by atoms with Crippen molar-refractivity contribution in [3.05, 3.63) is 76.0 Å². The second-order valence-electron chi connectivity index (χ2n) is 6.93. The number of amides is 1. The Kier molecular flexibility index (Phi) is 5.43. The molecule has 0 saturated heterocycles. The van der Waals surface area contributed by atoms with Crippen LogP contribution in [0.3, 0.4) is 0 Å². The topological polar surface area (TPSA) is 112 Å². The number of halogens is 2. The third kappa shape index (κ3) is 4.26. The Morgan fingerprint density at radius 2 is 2.06 bits per heavy atom. The smallest absolute Gasteiger partial charge is 0.280 e. The quantitative estimate of drug-likeness (QED) is 0.480. The maximum atomic E-state index is 13.5. The van der Waals surface area contributed by atoms with Crippen molar-refractivity contribution in [1.82, 2.24) is 20.0 Å². The summed E-state index contributed by atoms with van der Waals surface area (Å²) in [5.74, 6) is -0.0127. The summed E-state index contributed by atoms with van der Waals surface area (Å²) in [6.45, 7) is 3.67. The second kappa shape index (κ2) is 8.19. The van der Waals surface area contributed by atoms with Gasteiger partial charge in [0.15, 0.2) is 11.5 Å². The molecule has 0 saturated carbocycles. The van der Waals surface area contributed by atoms with E-state index in [0.717, 1.165) is 5.56 Å². The average molecular weight is 441 g/mol. The van der Waals surface area contributed by atoms with Crippen LogP contribution < -0.4 is 11.1 Å². The lowest BCUT2D eigenvalue weighted by molar-refractivity contribution is 0.102. The third-order valence-corrected chi connectivity index (χ3v) is 4.94. The number of aromatic nitrogens is 4. The van der Waals surface area contributed by atoms with Crippen LogP contribution in [0.5, 0.6) is 0 Å². The highest BCUT2D eigenvalue weighted by atomic mass is 35.5. The molecule has 31 heavy (non-hydrogen) atoms. The number of oxazole rings is 1. The summed E-state index contributed by atoms with van der Waals surface area (Å²) in [6, 6.07) is 11.2. The molecule has 158 valence electrons. The molecule has 0 unspecified atom stereocenters. The molecule has 0 spiro atoms. The first-order valence-corrected chi connectivity index (χ1v) is 9.68. The summed E-state index contributed by atoms with van der Waals surface area (Å²) < 4.78 is 20.6. The van der Waals surface area contributed by atoms with Crippen molar-refractivity contribution in [2.45, 2.75) is 20.4 Å². The molecule has 2 heterocycles. The number of carbonyl (C=O) groups excluding carboxylic acids is 1. The Bertz CT molecular complexity index is 1280. The summed E-state index contributed by atoms with van der Waals surface area (Å²) in [5, 5.41) is 11.0. The minimum absolute atomic E-state index is 0.0539. The van der Waals surface area contributed by atoms with Crippen molar-refractivity contribution in [1.29, 1.82) is 0 Å². The normalized spacial score (nSPS) is 11.0. The van der Waals surface area contributed by atoms with Gasteiger partial charge in [-0.05, 0) is 49.7 Å². The average Bonchev–Trinajstić information content (AvgIpc) is 3.28. The van der Waals surface area contributed by atoms with Gasteiger partial charge in [0.2, 0.25) is 5.89 Å². The van der Waals surface area contributed by atoms with E-state index in [1.54, 1.807) is 38.1 Å². The summed E-state index contributed by atoms with van der Waals surface area (Å²) in [6.07, 6.45) is 0. The summed E-state index contributed by atoms with van der Waals surface area (Å²) in [4.78, 5) is 17.1. The number of carbonyl (C=O) groups is 1. The lowest BCUT2D eigenvalue weighted by Crippen LogP contribution is -2.16. The zero-order valence-corrected chi connectivity index (χ0v) is 17.4. The van der Waals surface area contributed by atoms with Gasteiger partial charge < -0.3 is 15.5 Å². The number of aryl methyl sites for hydroxylation is 2. The van der Waals surface area contributed by atoms with Crippen LogP contribution >= 0.6 is 11.6 Å². The van der Waals surface area contributed by atoms with Crippen LogP contribution in [-0.2, 0) is 6.54 Å². The van der Waals surface area contributed by atoms with Crippen LogP contribution in [0.1, 0.15) is 27.5 Å². The molecular weight excluding hydrogens is 423 g/mol. The third-order valence-electron chi connectivity index (χ3n) is 4.70. The van der Waals surface area contributed by atoms with Gasteiger partial charge in [0.25, 0.3) is 5.91 Å². The predicted molar refractivity (Wildman–Crippen MR) is 114 cm³/mol. The van der Waals surface area contributed by atoms with E-state index in [1.165, 1.54) is 16.8 Å². The van der Waals surface area contributed by atoms with E-state index in [-0.39, 0.29) is 18.1 Å². The Morgan fingerprint density at radius 3 is 2.84 bits per heavy atom. The van der Waals surface area contributed by atoms with Crippen LogP contribution in [0, 0.1) is 19.7 Å². The first-order chi connectivity index (χ1) is 14.8. The fraction of sp³-hybridized carbons (Fsp3) is 0.143. The minimum atomic E-state index is -0.589. The molecule has 4 aromatic rings. The van der Waals surface area contributed by atoms with Gasteiger partial charge in [-0.2, -0.15) is 0 Å². The molecule has 0 aliphatic carbocycles. The Hall–Kier alpha value is -3.72. The van der Waals surface area contributed by atoms with Crippen LogP contribution in [0.4, 0.5) is 15.9 Å². The Labute approximate surface area is 181 Å². The zero-order chi connectivity index (χ0) is 22.1. The van der Waals surface area contributed by atoms with Crippen molar-refractivity contribution in [3.63, 3.8) is 0 Å². The van der Waals surface area contributed by atoms with Crippen LogP contribution in [0.2, 0.25) is 5.02 Å². The Balaban J connectivity index is 1.55. The molecule has 8 nitrogen and oxygen atoms in total. The van der Waals surface area contributed by atoms with E-state index in [0.29, 0.717) is 33.6 Å². The number of nitrogen functional groups attached to an aromatic ring is 1. The lowest BCUT2D eigenvalue weighted by Gasteiger charge is -2.07. The lowest BCUT2D eigenvalue weighted by atomic mass is 10.2. The molecular formula is C21H18ClFN6O2. The molecule has 0 fully saturated rings. The number of hydrogen-bond donors (Lipinski definition) is 2. The first-order valence-electron chi connectivity index (χ1n) is 9.30. The summed E-state index contributed by atoms with van der Waals surface area (Å²) in [7, 11) is 0. The summed E-state index contributed by atoms with van der Waals surface area (Å²) >= 11 is 6.03. The number of nitrogens with one attached hydrogen (secondary N) is 1. The number of benzene rings is 2. The zero-order valence-electron chi connectivity index (χ0n) is 16.7. The molecule has 3 N–H and O–H groups in total. The highest BCUT2D eigenvalue weighted by molar-refractivity contribution is 6.30. The molecule has 10 heteroatoms. The number of nitrogens with two attached hydrogens (primary N) is 1. The van der Waals surface area contributed by atoms with E-state index in [4.69, 9.17) is 21.8 Å². The van der Waals surface area contributed by atoms with Gasteiger partial charge in [-0.25, -0.2) is 14.1 Å². The van der Waals surface area contributed by atoms with Gasteiger partial charge >= 0.3 is 0 Å². The van der Waals surface area contributed by atoms with Gasteiger partial charge in [0, 0.05) is 16.3 Å². The SMILES string of the molecule is Cc1ccc(F)cc1NC(=O)c1nnn(Cc2nc(-c3cccc(Cl)c3)oc2C)c1N. The number of hydrogen-bond acceptors (Lipinski definition) is 6. The molecule has 1 amide bonds. The fourth-order valence-electron chi connectivity index (χ4n) is 2.97. The molecule has 4 rings (SSSR count). The van der Waals surface area contributed by atoms with Crippen LogP contribution in [0.15, 0.2) is 46.9 Å². The monoisotopic (exact) mass is 440 g/mol. The van der Waals surface area contributed by atoms with Gasteiger partial charge in [0.05, 0.1) is 6.54 Å². The van der Waals surface area contributed by atoms with Gasteiger partial charge in [-0.3, -0.25) is 4.79 Å². The predicted octanol–water partition coefficient (Wildman–Crippen LogP) is 4.23. The molecule has 0 aliphatic heterocycles. The molecule has 0 aliphatic rings. The highest BCUT2D eigenvalue weighted by Gasteiger charge is 2.20. The van der Waals surface area contributed by atoms with E-state index >= 15 is 0 Å². The van der Waals surface area contributed by atoms with Crippen molar-refractivity contribution >= 4 is 29.0 Å². The second-order valence-corrected chi connectivity index (χ2v) is 7.36. The molecule has 0 bridgehead atoms. The van der Waals surface area contributed by atoms with E-state index < -0.39 is 11.7 Å². The minimum Gasteiger partial charge on any atom is -0.441 e. The number of rotatable bonds is 5. The number of anilines is 2. The number of nitrogens with zero attached hydrogens (tertiary/aromatic N) is 4. The maximum Gasteiger partial charge on any atom is 0.280 e. The largest absolute Gasteiger partial charge is 0.441 e. The molecule has 2 aromatic heterocycles. The van der Waals surface area contributed by atoms with E-state index in [9.17, 15) is 9.18 Å². The molecule has 0 atom stereocenters. The van der Waals surface area contributed by atoms with Gasteiger partial charge in [0.1, 0.15) is 17.3 Å². The maximum absolute atomic E-state index is 13.5. The highest BCUT2D eigenvalue weighted by Crippen LogP contribution is 2.25. The molecule has 0 radical (unpaired) electrons. The van der Waals surface area contributed by atoms with Crippen molar-refractivity contribution < 1.29 is 13.6 Å². The van der Waals surface area contributed by atoms with E-state index in [2.05, 4.69) is 20.6 Å². The Morgan fingerprint density at radius 1 is 1.26 bits per heavy atom. The first kappa shape index (κ1) is 20.5. The van der Waals surface area contributed by atoms with E-state index in [1.807, 2.05) is 6.07 Å². The van der Waals surface area contributed by atoms with Crippen molar-refractivity contribution in [2.24, 2.45) is 0 Å². The van der Waals surface area contributed by atoms with Gasteiger partial charge in [-0.15, -0.1) is 5.10 Å². The fourth-order valence-corrected chi connectivity index (χ4v) is 3.16. The van der Waals surface area contributed by atoms with Gasteiger partial charge in [-0.1, -0.05) is 28.9 Å². The van der Waals surface area contributed by atoms with Crippen molar-refractivity contribution in [2.75, 3.05) is 11.1 Å². The van der Waals surface area contributed by atoms with Crippen molar-refractivity contribution in [3.8, 4) is 11.5 Å². The van der Waals surface area contributed by atoms with Crippen LogP contribution in [0.25, 0.3) is 11.5 Å². The van der Waals surface area contributed by atoms with Crippen LogP contribution in [-0.4, -0.2) is 25.9 Å². The molecule has 2 aromatic carbocycles.